The first-order chi connectivity index (χ1) is 12.5. The largest absolute Gasteiger partial charge is 0.356 e. The molecule has 1 heterocycles. The van der Waals surface area contributed by atoms with Gasteiger partial charge in [-0.1, -0.05) is 18.2 Å². The number of carbonyl (C=O) groups is 3. The van der Waals surface area contributed by atoms with Crippen LogP contribution in [0, 0.1) is 5.92 Å². The van der Waals surface area contributed by atoms with Crippen LogP contribution in [0.15, 0.2) is 24.3 Å². The lowest BCUT2D eigenvalue weighted by Crippen LogP contribution is -2.36. The summed E-state index contributed by atoms with van der Waals surface area (Å²) < 4.78 is 0. The van der Waals surface area contributed by atoms with Crippen molar-refractivity contribution in [1.82, 2.24) is 10.6 Å². The van der Waals surface area contributed by atoms with E-state index < -0.39 is 0 Å². The van der Waals surface area contributed by atoms with Crippen LogP contribution in [0.4, 0.5) is 0 Å². The van der Waals surface area contributed by atoms with Gasteiger partial charge in [0.25, 0.3) is 5.91 Å². The number of nitrogens with one attached hydrogen (secondary N) is 2. The van der Waals surface area contributed by atoms with Crippen LogP contribution >= 0.6 is 0 Å². The molecule has 0 saturated heterocycles. The lowest BCUT2D eigenvalue weighted by Gasteiger charge is -2.20. The van der Waals surface area contributed by atoms with Crippen LogP contribution in [0.5, 0.6) is 0 Å². The molecule has 0 spiro atoms. The molecule has 134 valence electrons. The number of rotatable bonds is 5. The smallest absolute Gasteiger partial charge is 0.252 e. The Kier molecular flexibility index (Phi) is 4.23. The monoisotopic (exact) mass is 350 g/mol. The summed E-state index contributed by atoms with van der Waals surface area (Å²) in [5.41, 5.74) is 3.28. The van der Waals surface area contributed by atoms with Crippen molar-refractivity contribution < 1.29 is 14.4 Å². The Morgan fingerprint density at radius 2 is 2.04 bits per heavy atom. The highest BCUT2D eigenvalue weighted by Crippen LogP contribution is 2.35. The van der Waals surface area contributed by atoms with Gasteiger partial charge < -0.3 is 10.6 Å². The molecule has 2 aliphatic rings. The summed E-state index contributed by atoms with van der Waals surface area (Å²) >= 11 is 0. The third-order valence-electron chi connectivity index (χ3n) is 5.18. The van der Waals surface area contributed by atoms with Gasteiger partial charge in [-0.05, 0) is 59.6 Å². The van der Waals surface area contributed by atoms with Gasteiger partial charge in [0.1, 0.15) is 0 Å². The minimum absolute atomic E-state index is 0.0416. The van der Waals surface area contributed by atoms with Crippen LogP contribution in [0.1, 0.15) is 51.6 Å². The number of carbonyl (C=O) groups excluding carboxylic acids is 3. The van der Waals surface area contributed by atoms with Crippen molar-refractivity contribution >= 4 is 28.4 Å². The molecule has 4 rings (SSSR count). The maximum atomic E-state index is 12.6. The molecule has 5 nitrogen and oxygen atoms in total. The van der Waals surface area contributed by atoms with Gasteiger partial charge in [-0.25, -0.2) is 0 Å². The molecule has 2 amide bonds. The highest BCUT2D eigenvalue weighted by molar-refractivity contribution is 6.21. The summed E-state index contributed by atoms with van der Waals surface area (Å²) in [5, 5.41) is 7.33. The molecule has 0 unspecified atom stereocenters. The third-order valence-corrected chi connectivity index (χ3v) is 5.18. The zero-order valence-electron chi connectivity index (χ0n) is 14.9. The van der Waals surface area contributed by atoms with Crippen molar-refractivity contribution in [3.05, 3.63) is 46.5 Å². The molecular weight excluding hydrogens is 328 g/mol. The Bertz CT molecular complexity index is 928. The first-order valence-corrected chi connectivity index (χ1v) is 9.17. The summed E-state index contributed by atoms with van der Waals surface area (Å²) in [5.74, 6) is 0.443. The second-order valence-electron chi connectivity index (χ2n) is 7.33. The average molecular weight is 350 g/mol. The topological polar surface area (TPSA) is 75.3 Å². The highest BCUT2D eigenvalue weighted by Gasteiger charge is 2.27. The van der Waals surface area contributed by atoms with Crippen molar-refractivity contribution in [2.75, 3.05) is 13.1 Å². The summed E-state index contributed by atoms with van der Waals surface area (Å²) in [6, 6.07) is 7.99. The SMILES string of the molecule is CC(=O)NCCc1cc(CC2CC2)cc2ccc3c(c12)C(=O)CNC3=O. The summed E-state index contributed by atoms with van der Waals surface area (Å²) in [6.45, 7) is 2.05. The summed E-state index contributed by atoms with van der Waals surface area (Å²) in [7, 11) is 0. The molecule has 1 saturated carbocycles. The Balaban J connectivity index is 1.84. The number of benzene rings is 2. The van der Waals surface area contributed by atoms with Crippen LogP contribution in [-0.2, 0) is 17.6 Å². The highest BCUT2D eigenvalue weighted by atomic mass is 16.2. The second-order valence-corrected chi connectivity index (χ2v) is 7.33. The molecule has 0 atom stereocenters. The molecule has 5 heteroatoms. The quantitative estimate of drug-likeness (QED) is 0.869. The summed E-state index contributed by atoms with van der Waals surface area (Å²) in [6.07, 6.45) is 4.25. The minimum atomic E-state index is -0.198. The second kappa shape index (κ2) is 6.56. The maximum Gasteiger partial charge on any atom is 0.252 e. The fraction of sp³-hybridized carbons (Fsp3) is 0.381. The van der Waals surface area contributed by atoms with Crippen molar-refractivity contribution in [3.63, 3.8) is 0 Å². The van der Waals surface area contributed by atoms with Gasteiger partial charge in [0.15, 0.2) is 5.78 Å². The van der Waals surface area contributed by atoms with Crippen molar-refractivity contribution in [2.45, 2.75) is 32.6 Å². The third kappa shape index (κ3) is 3.21. The lowest BCUT2D eigenvalue weighted by molar-refractivity contribution is -0.118. The molecular formula is C21H22N2O3. The number of hydrogen-bond acceptors (Lipinski definition) is 3. The maximum absolute atomic E-state index is 12.6. The minimum Gasteiger partial charge on any atom is -0.356 e. The fourth-order valence-electron chi connectivity index (χ4n) is 3.79. The number of hydrogen-bond donors (Lipinski definition) is 2. The molecule has 2 aromatic rings. The normalized spacial score (nSPS) is 16.3. The summed E-state index contributed by atoms with van der Waals surface area (Å²) in [4.78, 5) is 36.0. The van der Waals surface area contributed by atoms with Gasteiger partial charge in [0.05, 0.1) is 12.1 Å². The number of fused-ring (bicyclic) bond motifs is 3. The number of amides is 2. The van der Waals surface area contributed by atoms with Gasteiger partial charge in [-0.3, -0.25) is 14.4 Å². The Morgan fingerprint density at radius 3 is 2.77 bits per heavy atom. The van der Waals surface area contributed by atoms with E-state index in [2.05, 4.69) is 22.8 Å². The molecule has 0 aromatic heterocycles. The Labute approximate surface area is 152 Å². The molecule has 2 aromatic carbocycles. The van der Waals surface area contributed by atoms with E-state index in [9.17, 15) is 14.4 Å². The average Bonchev–Trinajstić information content (AvgIpc) is 3.41. The van der Waals surface area contributed by atoms with Crippen molar-refractivity contribution in [3.8, 4) is 0 Å². The van der Waals surface area contributed by atoms with Gasteiger partial charge in [-0.15, -0.1) is 0 Å². The van der Waals surface area contributed by atoms with Crippen molar-refractivity contribution in [2.24, 2.45) is 5.92 Å². The van der Waals surface area contributed by atoms with Crippen LogP contribution in [0.2, 0.25) is 0 Å². The van der Waals surface area contributed by atoms with E-state index in [-0.39, 0.29) is 24.1 Å². The lowest BCUT2D eigenvalue weighted by atomic mass is 9.87. The van der Waals surface area contributed by atoms with E-state index >= 15 is 0 Å². The van der Waals surface area contributed by atoms with Crippen LogP contribution < -0.4 is 10.6 Å². The number of Topliss-reactive ketones (excluding diaryl/α,β-unsaturated/α-hetero) is 1. The first-order valence-electron chi connectivity index (χ1n) is 9.17. The number of ketones is 1. The molecule has 1 aliphatic heterocycles. The molecule has 26 heavy (non-hydrogen) atoms. The predicted octanol–water partition coefficient (Wildman–Crippen LogP) is 2.40. The van der Waals surface area contributed by atoms with Crippen LogP contribution in [0.25, 0.3) is 10.8 Å². The van der Waals surface area contributed by atoms with E-state index in [1.54, 1.807) is 6.07 Å². The van der Waals surface area contributed by atoms with E-state index in [4.69, 9.17) is 0 Å². The van der Waals surface area contributed by atoms with Crippen LogP contribution in [0.3, 0.4) is 0 Å². The van der Waals surface area contributed by atoms with Gasteiger partial charge in [0, 0.05) is 19.0 Å². The molecule has 1 fully saturated rings. The molecule has 2 N–H and O–H groups in total. The van der Waals surface area contributed by atoms with Gasteiger partial charge in [-0.2, -0.15) is 0 Å². The standard InChI is InChI=1S/C21H22N2O3/c1-12(24)22-7-6-16-10-14(8-13-2-3-13)9-15-4-5-17-20(19(15)16)18(25)11-23-21(17)26/h4-5,9-10,13H,2-3,6-8,11H2,1H3,(H,22,24)(H,23,26). The van der Waals surface area contributed by atoms with E-state index in [1.807, 2.05) is 6.07 Å². The van der Waals surface area contributed by atoms with Gasteiger partial charge >= 0.3 is 0 Å². The van der Waals surface area contributed by atoms with Gasteiger partial charge in [0.2, 0.25) is 5.91 Å². The Hall–Kier alpha value is -2.69. The van der Waals surface area contributed by atoms with Crippen LogP contribution in [-0.4, -0.2) is 30.7 Å². The zero-order valence-corrected chi connectivity index (χ0v) is 14.9. The zero-order chi connectivity index (χ0) is 18.3. The Morgan fingerprint density at radius 1 is 1.23 bits per heavy atom. The molecule has 1 aliphatic carbocycles. The first kappa shape index (κ1) is 16.8. The molecule has 0 bridgehead atoms. The van der Waals surface area contributed by atoms with E-state index in [0.717, 1.165) is 28.7 Å². The fourth-order valence-corrected chi connectivity index (χ4v) is 3.79. The van der Waals surface area contributed by atoms with E-state index in [1.165, 1.54) is 25.3 Å². The van der Waals surface area contributed by atoms with Crippen molar-refractivity contribution in [1.29, 1.82) is 0 Å². The predicted molar refractivity (Wildman–Crippen MR) is 99.4 cm³/mol. The molecule has 0 radical (unpaired) electrons. The van der Waals surface area contributed by atoms with E-state index in [0.29, 0.717) is 24.1 Å².